The van der Waals surface area contributed by atoms with Crippen molar-refractivity contribution in [1.82, 2.24) is 0 Å². The van der Waals surface area contributed by atoms with Crippen molar-refractivity contribution in [3.05, 3.63) is 64.2 Å². The van der Waals surface area contributed by atoms with E-state index in [1.807, 2.05) is 12.1 Å². The highest BCUT2D eigenvalue weighted by Gasteiger charge is 2.18. The van der Waals surface area contributed by atoms with Crippen molar-refractivity contribution in [2.24, 2.45) is 5.73 Å². The van der Waals surface area contributed by atoms with Gasteiger partial charge in [-0.2, -0.15) is 0 Å². The van der Waals surface area contributed by atoms with Crippen LogP contribution >= 0.6 is 11.6 Å². The van der Waals surface area contributed by atoms with Crippen LogP contribution in [0.3, 0.4) is 0 Å². The fourth-order valence-electron chi connectivity index (χ4n) is 3.16. The molecule has 2 aromatic carbocycles. The van der Waals surface area contributed by atoms with Gasteiger partial charge in [-0.25, -0.2) is 0 Å². The van der Waals surface area contributed by atoms with Crippen molar-refractivity contribution < 1.29 is 0 Å². The molecule has 2 N–H and O–H groups in total. The standard InChI is InChI=1S/C18H21ClN2/c19-17-7-3-6-16(8-11-20)18(17)21-12-9-14-4-1-2-5-15(14)10-13-21/h1-7H,8-13,20H2. The van der Waals surface area contributed by atoms with E-state index in [0.29, 0.717) is 6.54 Å². The summed E-state index contributed by atoms with van der Waals surface area (Å²) in [6.07, 6.45) is 3.02. The van der Waals surface area contributed by atoms with Gasteiger partial charge >= 0.3 is 0 Å². The minimum Gasteiger partial charge on any atom is -0.369 e. The third kappa shape index (κ3) is 3.07. The first-order valence-corrected chi connectivity index (χ1v) is 7.96. The second-order valence-electron chi connectivity index (χ2n) is 5.54. The normalized spacial score (nSPS) is 14.7. The highest BCUT2D eigenvalue weighted by atomic mass is 35.5. The van der Waals surface area contributed by atoms with E-state index in [9.17, 15) is 0 Å². The highest BCUT2D eigenvalue weighted by Crippen LogP contribution is 2.32. The summed E-state index contributed by atoms with van der Waals surface area (Å²) in [4.78, 5) is 2.42. The van der Waals surface area contributed by atoms with Crippen LogP contribution in [0, 0.1) is 0 Å². The Labute approximate surface area is 131 Å². The minimum atomic E-state index is 0.654. The van der Waals surface area contributed by atoms with Crippen LogP contribution < -0.4 is 10.6 Å². The fourth-order valence-corrected chi connectivity index (χ4v) is 3.48. The van der Waals surface area contributed by atoms with E-state index in [2.05, 4.69) is 35.2 Å². The molecule has 3 rings (SSSR count). The SMILES string of the molecule is NCCc1cccc(Cl)c1N1CCc2ccccc2CC1. The Hall–Kier alpha value is -1.51. The second kappa shape index (κ2) is 6.50. The third-order valence-corrected chi connectivity index (χ3v) is 4.53. The van der Waals surface area contributed by atoms with Gasteiger partial charge < -0.3 is 10.6 Å². The van der Waals surface area contributed by atoms with Crippen molar-refractivity contribution in [2.45, 2.75) is 19.3 Å². The van der Waals surface area contributed by atoms with Gasteiger partial charge in [-0.15, -0.1) is 0 Å². The molecular formula is C18H21ClN2. The molecule has 2 nitrogen and oxygen atoms in total. The van der Waals surface area contributed by atoms with Gasteiger partial charge in [0.2, 0.25) is 0 Å². The second-order valence-corrected chi connectivity index (χ2v) is 5.95. The topological polar surface area (TPSA) is 29.3 Å². The Morgan fingerprint density at radius 1 is 0.952 bits per heavy atom. The predicted octanol–water partition coefficient (Wildman–Crippen LogP) is 3.45. The van der Waals surface area contributed by atoms with Crippen LogP contribution in [-0.2, 0) is 19.3 Å². The van der Waals surface area contributed by atoms with E-state index in [-0.39, 0.29) is 0 Å². The molecular weight excluding hydrogens is 280 g/mol. The summed E-state index contributed by atoms with van der Waals surface area (Å²) in [6.45, 7) is 2.68. The molecule has 1 heterocycles. The molecule has 110 valence electrons. The average Bonchev–Trinajstić information content (AvgIpc) is 2.71. The molecule has 3 heteroatoms. The van der Waals surface area contributed by atoms with Gasteiger partial charge in [-0.1, -0.05) is 48.0 Å². The lowest BCUT2D eigenvalue weighted by molar-refractivity contribution is 0.796. The maximum absolute atomic E-state index is 6.48. The first-order chi connectivity index (χ1) is 10.3. The number of para-hydroxylation sites is 1. The number of nitrogens with two attached hydrogens (primary N) is 1. The molecule has 0 saturated carbocycles. The van der Waals surface area contributed by atoms with E-state index < -0.39 is 0 Å². The molecule has 0 spiro atoms. The maximum atomic E-state index is 6.48. The Balaban J connectivity index is 1.89. The van der Waals surface area contributed by atoms with Gasteiger partial charge in [0.05, 0.1) is 10.7 Å². The van der Waals surface area contributed by atoms with E-state index in [0.717, 1.165) is 37.4 Å². The molecule has 0 radical (unpaired) electrons. The quantitative estimate of drug-likeness (QED) is 0.941. The maximum Gasteiger partial charge on any atom is 0.0642 e. The molecule has 21 heavy (non-hydrogen) atoms. The zero-order chi connectivity index (χ0) is 14.7. The van der Waals surface area contributed by atoms with Crippen LogP contribution in [0.5, 0.6) is 0 Å². The summed E-state index contributed by atoms with van der Waals surface area (Å²) in [7, 11) is 0. The number of rotatable bonds is 3. The average molecular weight is 301 g/mol. The Morgan fingerprint density at radius 2 is 1.62 bits per heavy atom. The van der Waals surface area contributed by atoms with Gasteiger partial charge in [-0.3, -0.25) is 0 Å². The summed E-state index contributed by atoms with van der Waals surface area (Å²) in [6, 6.07) is 14.9. The molecule has 0 aliphatic carbocycles. The molecule has 2 aromatic rings. The summed E-state index contributed by atoms with van der Waals surface area (Å²) in [5.74, 6) is 0. The Morgan fingerprint density at radius 3 is 2.24 bits per heavy atom. The van der Waals surface area contributed by atoms with E-state index in [4.69, 9.17) is 17.3 Å². The van der Waals surface area contributed by atoms with E-state index >= 15 is 0 Å². The monoisotopic (exact) mass is 300 g/mol. The fraction of sp³-hybridized carbons (Fsp3) is 0.333. The van der Waals surface area contributed by atoms with Gasteiger partial charge in [0.25, 0.3) is 0 Å². The predicted molar refractivity (Wildman–Crippen MR) is 90.3 cm³/mol. The third-order valence-electron chi connectivity index (χ3n) is 4.22. The number of fused-ring (bicyclic) bond motifs is 1. The van der Waals surface area contributed by atoms with Gasteiger partial charge in [0, 0.05) is 13.1 Å². The molecule has 0 saturated heterocycles. The van der Waals surface area contributed by atoms with Crippen molar-refractivity contribution in [2.75, 3.05) is 24.5 Å². The summed E-state index contributed by atoms with van der Waals surface area (Å²) >= 11 is 6.48. The van der Waals surface area contributed by atoms with E-state index in [1.54, 1.807) is 0 Å². The van der Waals surface area contributed by atoms with Crippen molar-refractivity contribution in [3.8, 4) is 0 Å². The van der Waals surface area contributed by atoms with Gasteiger partial charge in [0.1, 0.15) is 0 Å². The summed E-state index contributed by atoms with van der Waals surface area (Å²) in [5.41, 5.74) is 11.1. The lowest BCUT2D eigenvalue weighted by Crippen LogP contribution is -2.27. The van der Waals surface area contributed by atoms with E-state index in [1.165, 1.54) is 22.4 Å². The number of hydrogen-bond acceptors (Lipinski definition) is 2. The largest absolute Gasteiger partial charge is 0.369 e. The molecule has 0 aromatic heterocycles. The molecule has 0 bridgehead atoms. The van der Waals surface area contributed by atoms with Crippen LogP contribution in [0.4, 0.5) is 5.69 Å². The Bertz CT molecular complexity index is 597. The van der Waals surface area contributed by atoms with Crippen LogP contribution in [0.25, 0.3) is 0 Å². The van der Waals surface area contributed by atoms with Gasteiger partial charge in [0.15, 0.2) is 0 Å². The molecule has 0 amide bonds. The smallest absolute Gasteiger partial charge is 0.0642 e. The number of halogens is 1. The van der Waals surface area contributed by atoms with Gasteiger partial charge in [-0.05, 0) is 48.6 Å². The molecule has 0 unspecified atom stereocenters. The number of nitrogens with zero attached hydrogens (tertiary/aromatic N) is 1. The summed E-state index contributed by atoms with van der Waals surface area (Å²) in [5, 5.41) is 0.840. The highest BCUT2D eigenvalue weighted by molar-refractivity contribution is 6.33. The van der Waals surface area contributed by atoms with Crippen LogP contribution in [0.15, 0.2) is 42.5 Å². The number of benzene rings is 2. The number of hydrogen-bond donors (Lipinski definition) is 1. The summed E-state index contributed by atoms with van der Waals surface area (Å²) < 4.78 is 0. The van der Waals surface area contributed by atoms with Crippen molar-refractivity contribution in [3.63, 3.8) is 0 Å². The molecule has 0 atom stereocenters. The zero-order valence-electron chi connectivity index (χ0n) is 12.2. The van der Waals surface area contributed by atoms with Crippen LogP contribution in [0.1, 0.15) is 16.7 Å². The van der Waals surface area contributed by atoms with Crippen molar-refractivity contribution >= 4 is 17.3 Å². The molecule has 1 aliphatic rings. The Kier molecular flexibility index (Phi) is 4.47. The minimum absolute atomic E-state index is 0.654. The molecule has 0 fully saturated rings. The zero-order valence-corrected chi connectivity index (χ0v) is 12.9. The lowest BCUT2D eigenvalue weighted by Gasteiger charge is -2.26. The van der Waals surface area contributed by atoms with Crippen LogP contribution in [-0.4, -0.2) is 19.6 Å². The van der Waals surface area contributed by atoms with Crippen molar-refractivity contribution in [1.29, 1.82) is 0 Å². The van der Waals surface area contributed by atoms with Crippen LogP contribution in [0.2, 0.25) is 5.02 Å². The first kappa shape index (κ1) is 14.4. The lowest BCUT2D eigenvalue weighted by atomic mass is 10.0. The number of anilines is 1. The molecule has 1 aliphatic heterocycles. The first-order valence-electron chi connectivity index (χ1n) is 7.59.